The number of hydrogen-bond acceptors (Lipinski definition) is 8. The number of rotatable bonds is 8. The van der Waals surface area contributed by atoms with Crippen LogP contribution in [0.4, 0.5) is 0 Å². The molecule has 0 N–H and O–H groups in total. The van der Waals surface area contributed by atoms with Crippen molar-refractivity contribution >= 4 is 57.0 Å². The Kier molecular flexibility index (Phi) is 7.80. The summed E-state index contributed by atoms with van der Waals surface area (Å²) >= 11 is -2.48. The van der Waals surface area contributed by atoms with Gasteiger partial charge in [0.05, 0.1) is 0 Å². The van der Waals surface area contributed by atoms with E-state index in [1.165, 1.54) is 0 Å². The molecule has 0 rings (SSSR count). The van der Waals surface area contributed by atoms with Crippen molar-refractivity contribution in [3.8, 4) is 0 Å². The molecule has 0 aromatic heterocycles. The Bertz CT molecular complexity index is 399. The van der Waals surface area contributed by atoms with E-state index in [9.17, 15) is 28.8 Å². The summed E-state index contributed by atoms with van der Waals surface area (Å²) in [6, 6.07) is 0. The van der Waals surface area contributed by atoms with Crippen LogP contribution in [0.3, 0.4) is 0 Å². The number of carbonyl (C=O) groups excluding carboxylic acids is 6. The molecule has 0 aromatic rings. The van der Waals surface area contributed by atoms with Gasteiger partial charge >= 0.3 is 119 Å². The van der Waals surface area contributed by atoms with E-state index in [4.69, 9.17) is 0 Å². The van der Waals surface area contributed by atoms with E-state index in [0.717, 1.165) is 13.8 Å². The summed E-state index contributed by atoms with van der Waals surface area (Å²) < 4.78 is 8.76. The molecule has 2 radical (unpaired) electrons. The van der Waals surface area contributed by atoms with Crippen molar-refractivity contribution in [1.29, 1.82) is 0 Å². The molecule has 0 aliphatic heterocycles. The van der Waals surface area contributed by atoms with E-state index in [2.05, 4.69) is 6.15 Å². The summed E-state index contributed by atoms with van der Waals surface area (Å²) in [5, 5.41) is 0. The van der Waals surface area contributed by atoms with Crippen molar-refractivity contribution in [3.05, 3.63) is 0 Å². The fraction of sp³-hybridized carbons (Fsp3) is 0.400. The second kappa shape index (κ2) is 8.51. The van der Waals surface area contributed by atoms with Crippen molar-refractivity contribution in [2.45, 2.75) is 26.7 Å². The maximum atomic E-state index is 11.0. The van der Waals surface area contributed by atoms with E-state index in [0.29, 0.717) is 0 Å². The van der Waals surface area contributed by atoms with Gasteiger partial charge in [-0.25, -0.2) is 0 Å². The van der Waals surface area contributed by atoms with Crippen LogP contribution >= 0.6 is 0 Å². The minimum absolute atomic E-state index is 0.499. The molecule has 0 aliphatic carbocycles. The molecule has 0 saturated carbocycles. The molecule has 0 bridgehead atoms. The number of ketones is 4. The van der Waals surface area contributed by atoms with Gasteiger partial charge in [0.1, 0.15) is 0 Å². The Morgan fingerprint density at radius 3 is 1.32 bits per heavy atom. The summed E-state index contributed by atoms with van der Waals surface area (Å²) in [6.07, 6.45) is -1.18. The zero-order valence-electron chi connectivity index (χ0n) is 10.2. The fourth-order valence-corrected chi connectivity index (χ4v) is 2.01. The van der Waals surface area contributed by atoms with Gasteiger partial charge in [-0.3, -0.25) is 0 Å². The summed E-state index contributed by atoms with van der Waals surface area (Å²) in [6.45, 7) is 2.26. The average Bonchev–Trinajstić information content (AvgIpc) is 2.26. The Labute approximate surface area is 119 Å². The Hall–Kier alpha value is -1.58. The third-order valence-electron chi connectivity index (χ3n) is 1.54. The van der Waals surface area contributed by atoms with Gasteiger partial charge in [-0.05, 0) is 0 Å². The summed E-state index contributed by atoms with van der Waals surface area (Å²) in [7, 11) is 0. The summed E-state index contributed by atoms with van der Waals surface area (Å²) in [5.41, 5.74) is 0. The van der Waals surface area contributed by atoms with Crippen molar-refractivity contribution < 1.29 is 34.9 Å². The summed E-state index contributed by atoms with van der Waals surface area (Å²) in [4.78, 5) is 65.1. The van der Waals surface area contributed by atoms with Crippen LogP contribution in [0.5, 0.6) is 0 Å². The molecule has 0 fully saturated rings. The molecular weight excluding hydrogens is 367 g/mol. The molecule has 0 atom stereocenters. The van der Waals surface area contributed by atoms with Gasteiger partial charge in [-0.1, -0.05) is 0 Å². The predicted molar refractivity (Wildman–Crippen MR) is 58.5 cm³/mol. The average molecular weight is 377 g/mol. The Morgan fingerprint density at radius 2 is 1.05 bits per heavy atom. The van der Waals surface area contributed by atoms with E-state index >= 15 is 0 Å². The van der Waals surface area contributed by atoms with Crippen LogP contribution < -0.4 is 0 Å². The number of hydrogen-bond donors (Lipinski definition) is 0. The molecular formula is C10H10O8Sn. The molecule has 8 nitrogen and oxygen atoms in total. The molecule has 19 heavy (non-hydrogen) atoms. The van der Waals surface area contributed by atoms with E-state index in [-0.39, 0.29) is 0 Å². The molecule has 0 spiro atoms. The molecule has 0 amide bonds. The van der Waals surface area contributed by atoms with Crippen molar-refractivity contribution in [2.24, 2.45) is 0 Å². The monoisotopic (exact) mass is 378 g/mol. The normalized spacial score (nSPS) is 9.37. The van der Waals surface area contributed by atoms with Gasteiger partial charge in [-0.15, -0.1) is 0 Å². The number of carbonyl (C=O) groups is 6. The van der Waals surface area contributed by atoms with E-state index < -0.39 is 69.9 Å². The number of Topliss-reactive ketones (excluding diaryl/α,β-unsaturated/α-hetero) is 4. The molecule has 0 saturated heterocycles. The van der Waals surface area contributed by atoms with E-state index in [1.807, 2.05) is 0 Å². The van der Waals surface area contributed by atoms with Crippen LogP contribution in [-0.4, -0.2) is 57.0 Å². The van der Waals surface area contributed by atoms with E-state index in [1.54, 1.807) is 0 Å². The van der Waals surface area contributed by atoms with Crippen LogP contribution in [-0.2, 0) is 34.9 Å². The minimum atomic E-state index is -2.48. The van der Waals surface area contributed by atoms with Gasteiger partial charge in [-0.2, -0.15) is 0 Å². The molecule has 9 heteroatoms. The van der Waals surface area contributed by atoms with Gasteiger partial charge < -0.3 is 0 Å². The van der Waals surface area contributed by atoms with Crippen LogP contribution in [0, 0.1) is 0 Å². The Balaban J connectivity index is 4.03. The van der Waals surface area contributed by atoms with Gasteiger partial charge in [0.2, 0.25) is 0 Å². The third kappa shape index (κ3) is 8.19. The predicted octanol–water partition coefficient (Wildman–Crippen LogP) is -1.30. The van der Waals surface area contributed by atoms with Crippen molar-refractivity contribution in [3.63, 3.8) is 0 Å². The van der Waals surface area contributed by atoms with Gasteiger partial charge in [0.15, 0.2) is 0 Å². The zero-order chi connectivity index (χ0) is 15.0. The third-order valence-corrected chi connectivity index (χ3v) is 3.08. The molecule has 0 aliphatic rings. The Morgan fingerprint density at radius 1 is 0.737 bits per heavy atom. The molecule has 102 valence electrons. The first-order valence-corrected chi connectivity index (χ1v) is 7.29. The van der Waals surface area contributed by atoms with Gasteiger partial charge in [0, 0.05) is 0 Å². The van der Waals surface area contributed by atoms with Crippen LogP contribution in [0.2, 0.25) is 0 Å². The van der Waals surface area contributed by atoms with Crippen molar-refractivity contribution in [1.82, 2.24) is 0 Å². The first-order valence-electron chi connectivity index (χ1n) is 4.96. The quantitative estimate of drug-likeness (QED) is 0.291. The second-order valence-corrected chi connectivity index (χ2v) is 5.11. The van der Waals surface area contributed by atoms with Crippen molar-refractivity contribution in [2.75, 3.05) is 0 Å². The van der Waals surface area contributed by atoms with Gasteiger partial charge in [0.25, 0.3) is 0 Å². The molecule has 0 aromatic carbocycles. The first kappa shape index (κ1) is 17.4. The van der Waals surface area contributed by atoms with Crippen LogP contribution in [0.25, 0.3) is 0 Å². The SMILES string of the molecule is CC(=O)CC(=O)C(=O)[O][Sn][O]C(=O)C(=O)CC(C)=O. The fourth-order valence-electron chi connectivity index (χ4n) is 0.807. The topological polar surface area (TPSA) is 121 Å². The standard InChI is InChI=1S/2C5H6O4.Sn/c2*1-3(6)2-4(7)5(8)9;/h2*2H2,1H3,(H,8,9);/q;;+2/p-2. The second-order valence-electron chi connectivity index (χ2n) is 3.47. The summed E-state index contributed by atoms with van der Waals surface area (Å²) in [5.74, 6) is -5.62. The van der Waals surface area contributed by atoms with Crippen LogP contribution in [0.1, 0.15) is 26.7 Å². The zero-order valence-corrected chi connectivity index (χ0v) is 13.0. The first-order chi connectivity index (χ1) is 8.73. The maximum absolute atomic E-state index is 11.0. The molecule has 0 heterocycles. The molecule has 0 unspecified atom stereocenters. The van der Waals surface area contributed by atoms with Crippen LogP contribution in [0.15, 0.2) is 0 Å².